The Hall–Kier alpha value is -2.36. The van der Waals surface area contributed by atoms with Crippen LogP contribution in [0.2, 0.25) is 0 Å². The normalized spacial score (nSPS) is 10.8. The maximum atomic E-state index is 12.9. The number of methoxy groups -OCH3 is 1. The molecule has 0 spiro atoms. The van der Waals surface area contributed by atoms with Gasteiger partial charge in [-0.1, -0.05) is 18.2 Å². The first kappa shape index (κ1) is 12.1. The van der Waals surface area contributed by atoms with E-state index < -0.39 is 5.95 Å². The molecule has 4 heteroatoms. The number of phenolic OH excluding ortho intramolecular Hbond substituents is 1. The highest BCUT2D eigenvalue weighted by atomic mass is 19.1. The standard InChI is InChI=1S/C14H12FNO2/c1-18-13-5-4-10(8-12(13)17)2-3-11-6-7-16-14(15)9-11/h2-9,17H,1H3/b3-2+. The van der Waals surface area contributed by atoms with Gasteiger partial charge in [-0.25, -0.2) is 4.98 Å². The molecule has 0 aliphatic rings. The lowest BCUT2D eigenvalue weighted by atomic mass is 10.1. The number of ether oxygens (including phenoxy) is 1. The summed E-state index contributed by atoms with van der Waals surface area (Å²) in [6.45, 7) is 0. The van der Waals surface area contributed by atoms with E-state index in [0.717, 1.165) is 5.56 Å². The molecule has 2 rings (SSSR count). The van der Waals surface area contributed by atoms with Gasteiger partial charge in [-0.15, -0.1) is 0 Å². The second kappa shape index (κ2) is 5.31. The van der Waals surface area contributed by atoms with E-state index in [0.29, 0.717) is 11.3 Å². The number of hydrogen-bond acceptors (Lipinski definition) is 3. The number of phenols is 1. The molecular formula is C14H12FNO2. The number of aromatic nitrogens is 1. The lowest BCUT2D eigenvalue weighted by molar-refractivity contribution is 0.373. The summed E-state index contributed by atoms with van der Waals surface area (Å²) >= 11 is 0. The third-order valence-corrected chi connectivity index (χ3v) is 2.42. The molecule has 1 aromatic heterocycles. The van der Waals surface area contributed by atoms with Crippen LogP contribution >= 0.6 is 0 Å². The molecule has 0 unspecified atom stereocenters. The van der Waals surface area contributed by atoms with E-state index in [-0.39, 0.29) is 5.75 Å². The van der Waals surface area contributed by atoms with E-state index in [9.17, 15) is 9.50 Å². The van der Waals surface area contributed by atoms with Gasteiger partial charge in [0.1, 0.15) is 0 Å². The molecule has 1 heterocycles. The van der Waals surface area contributed by atoms with Gasteiger partial charge in [-0.3, -0.25) is 0 Å². The van der Waals surface area contributed by atoms with Gasteiger partial charge in [-0.2, -0.15) is 4.39 Å². The monoisotopic (exact) mass is 245 g/mol. The predicted molar refractivity (Wildman–Crippen MR) is 67.8 cm³/mol. The third-order valence-electron chi connectivity index (χ3n) is 2.42. The quantitative estimate of drug-likeness (QED) is 0.845. The smallest absolute Gasteiger partial charge is 0.213 e. The van der Waals surface area contributed by atoms with Crippen LogP contribution in [0.15, 0.2) is 36.5 Å². The molecule has 3 nitrogen and oxygen atoms in total. The lowest BCUT2D eigenvalue weighted by Crippen LogP contribution is -1.84. The van der Waals surface area contributed by atoms with Crippen LogP contribution in [0.4, 0.5) is 4.39 Å². The maximum absolute atomic E-state index is 12.9. The van der Waals surface area contributed by atoms with Crippen LogP contribution in [0.25, 0.3) is 12.2 Å². The van der Waals surface area contributed by atoms with Crippen molar-refractivity contribution in [2.75, 3.05) is 7.11 Å². The van der Waals surface area contributed by atoms with E-state index in [4.69, 9.17) is 4.74 Å². The topological polar surface area (TPSA) is 42.4 Å². The minimum Gasteiger partial charge on any atom is -0.504 e. The van der Waals surface area contributed by atoms with Gasteiger partial charge in [0.2, 0.25) is 5.95 Å². The second-order valence-electron chi connectivity index (χ2n) is 3.68. The van der Waals surface area contributed by atoms with Crippen molar-refractivity contribution in [2.24, 2.45) is 0 Å². The zero-order valence-corrected chi connectivity index (χ0v) is 9.80. The fraction of sp³-hybridized carbons (Fsp3) is 0.0714. The summed E-state index contributed by atoms with van der Waals surface area (Å²) in [5.41, 5.74) is 1.50. The Morgan fingerprint density at radius 2 is 1.89 bits per heavy atom. The molecule has 0 amide bonds. The maximum Gasteiger partial charge on any atom is 0.213 e. The van der Waals surface area contributed by atoms with Crippen molar-refractivity contribution in [3.05, 3.63) is 53.6 Å². The van der Waals surface area contributed by atoms with Crippen LogP contribution in [-0.2, 0) is 0 Å². The highest BCUT2D eigenvalue weighted by molar-refractivity contribution is 5.70. The second-order valence-corrected chi connectivity index (χ2v) is 3.68. The SMILES string of the molecule is COc1ccc(/C=C/c2ccnc(F)c2)cc1O. The summed E-state index contributed by atoms with van der Waals surface area (Å²) in [5.74, 6) is -0.0302. The van der Waals surface area contributed by atoms with Gasteiger partial charge < -0.3 is 9.84 Å². The van der Waals surface area contributed by atoms with E-state index >= 15 is 0 Å². The first-order chi connectivity index (χ1) is 8.69. The summed E-state index contributed by atoms with van der Waals surface area (Å²) in [6.07, 6.45) is 4.92. The van der Waals surface area contributed by atoms with Gasteiger partial charge in [-0.05, 0) is 29.3 Å². The summed E-state index contributed by atoms with van der Waals surface area (Å²) < 4.78 is 17.8. The zero-order chi connectivity index (χ0) is 13.0. The number of benzene rings is 1. The first-order valence-corrected chi connectivity index (χ1v) is 5.35. The van der Waals surface area contributed by atoms with Crippen molar-refractivity contribution in [2.45, 2.75) is 0 Å². The molecular weight excluding hydrogens is 233 g/mol. The van der Waals surface area contributed by atoms with Crippen LogP contribution in [0.5, 0.6) is 11.5 Å². The molecule has 1 N–H and O–H groups in total. The van der Waals surface area contributed by atoms with Gasteiger partial charge in [0.05, 0.1) is 7.11 Å². The van der Waals surface area contributed by atoms with Crippen LogP contribution in [-0.4, -0.2) is 17.2 Å². The highest BCUT2D eigenvalue weighted by Gasteiger charge is 2.00. The molecule has 0 radical (unpaired) electrons. The number of pyridine rings is 1. The molecule has 0 saturated heterocycles. The van der Waals surface area contributed by atoms with Gasteiger partial charge >= 0.3 is 0 Å². The Balaban J connectivity index is 2.21. The van der Waals surface area contributed by atoms with Crippen LogP contribution in [0.3, 0.4) is 0 Å². The summed E-state index contributed by atoms with van der Waals surface area (Å²) in [7, 11) is 1.49. The average Bonchev–Trinajstić information content (AvgIpc) is 2.37. The Morgan fingerprint density at radius 1 is 1.17 bits per heavy atom. The highest BCUT2D eigenvalue weighted by Crippen LogP contribution is 2.26. The number of nitrogens with zero attached hydrogens (tertiary/aromatic N) is 1. The summed E-state index contributed by atoms with van der Waals surface area (Å²) in [6, 6.07) is 8.07. The molecule has 0 aliphatic carbocycles. The predicted octanol–water partition coefficient (Wildman–Crippen LogP) is 3.11. The zero-order valence-electron chi connectivity index (χ0n) is 9.80. The fourth-order valence-corrected chi connectivity index (χ4v) is 1.52. The summed E-state index contributed by atoms with van der Waals surface area (Å²) in [5, 5.41) is 9.60. The third kappa shape index (κ3) is 2.85. The first-order valence-electron chi connectivity index (χ1n) is 5.35. The molecule has 92 valence electrons. The number of hydrogen-bond donors (Lipinski definition) is 1. The minimum absolute atomic E-state index is 0.0700. The van der Waals surface area contributed by atoms with Gasteiger partial charge in [0.15, 0.2) is 11.5 Å². The fourth-order valence-electron chi connectivity index (χ4n) is 1.52. The Morgan fingerprint density at radius 3 is 2.50 bits per heavy atom. The molecule has 1 aromatic carbocycles. The minimum atomic E-state index is -0.519. The molecule has 18 heavy (non-hydrogen) atoms. The van der Waals surface area contributed by atoms with Gasteiger partial charge in [0.25, 0.3) is 0 Å². The molecule has 0 saturated carbocycles. The van der Waals surface area contributed by atoms with Crippen molar-refractivity contribution in [1.82, 2.24) is 4.98 Å². The number of aromatic hydroxyl groups is 1. The van der Waals surface area contributed by atoms with Crippen molar-refractivity contribution in [1.29, 1.82) is 0 Å². The van der Waals surface area contributed by atoms with Crippen molar-refractivity contribution >= 4 is 12.2 Å². The van der Waals surface area contributed by atoms with E-state index in [1.807, 2.05) is 0 Å². The summed E-state index contributed by atoms with van der Waals surface area (Å²) in [4.78, 5) is 3.47. The average molecular weight is 245 g/mol. The van der Waals surface area contributed by atoms with Crippen LogP contribution in [0, 0.1) is 5.95 Å². The molecule has 0 aliphatic heterocycles. The number of rotatable bonds is 3. The molecule has 0 fully saturated rings. The Bertz CT molecular complexity index is 582. The van der Waals surface area contributed by atoms with Crippen molar-refractivity contribution in [3.63, 3.8) is 0 Å². The Kier molecular flexibility index (Phi) is 3.57. The number of halogens is 1. The van der Waals surface area contributed by atoms with Gasteiger partial charge in [0, 0.05) is 12.3 Å². The van der Waals surface area contributed by atoms with Crippen LogP contribution in [0.1, 0.15) is 11.1 Å². The van der Waals surface area contributed by atoms with E-state index in [2.05, 4.69) is 4.98 Å². The molecule has 0 atom stereocenters. The van der Waals surface area contributed by atoms with Crippen molar-refractivity contribution in [3.8, 4) is 11.5 Å². The lowest BCUT2D eigenvalue weighted by Gasteiger charge is -2.03. The molecule has 2 aromatic rings. The van der Waals surface area contributed by atoms with E-state index in [1.165, 1.54) is 19.4 Å². The molecule has 0 bridgehead atoms. The largest absolute Gasteiger partial charge is 0.504 e. The van der Waals surface area contributed by atoms with Crippen LogP contribution < -0.4 is 4.74 Å². The van der Waals surface area contributed by atoms with Crippen molar-refractivity contribution < 1.29 is 14.2 Å². The van der Waals surface area contributed by atoms with E-state index in [1.54, 1.807) is 36.4 Å². The Labute approximate surface area is 104 Å².